The van der Waals surface area contributed by atoms with Gasteiger partial charge in [0.05, 0.1) is 11.8 Å². The van der Waals surface area contributed by atoms with Crippen molar-refractivity contribution >= 4 is 23.0 Å². The molecule has 0 saturated carbocycles. The minimum atomic E-state index is 0.274. The molecule has 114 valence electrons. The van der Waals surface area contributed by atoms with Crippen LogP contribution in [0.15, 0.2) is 29.4 Å². The monoisotopic (exact) mass is 305 g/mol. The summed E-state index contributed by atoms with van der Waals surface area (Å²) in [6.45, 7) is 5.72. The van der Waals surface area contributed by atoms with E-state index in [0.717, 1.165) is 43.7 Å². The number of thiocarbonyl (C=S) groups is 1. The van der Waals surface area contributed by atoms with Gasteiger partial charge in [0.25, 0.3) is 0 Å². The molecule has 1 aliphatic heterocycles. The van der Waals surface area contributed by atoms with E-state index in [1.165, 1.54) is 5.56 Å². The summed E-state index contributed by atoms with van der Waals surface area (Å²) in [5, 5.41) is 7.99. The maximum Gasteiger partial charge on any atom is 0.187 e. The number of ether oxygens (including phenoxy) is 1. The quantitative estimate of drug-likeness (QED) is 0.499. The number of hydrazone groups is 1. The molecule has 1 atom stereocenters. The molecular weight excluding hydrogens is 282 g/mol. The fourth-order valence-electron chi connectivity index (χ4n) is 2.23. The molecule has 1 aliphatic rings. The first-order valence-corrected chi connectivity index (χ1v) is 7.89. The summed E-state index contributed by atoms with van der Waals surface area (Å²) in [6.07, 6.45) is 3.56. The van der Waals surface area contributed by atoms with Gasteiger partial charge in [-0.1, -0.05) is 31.2 Å². The second-order valence-corrected chi connectivity index (χ2v) is 5.61. The maximum atomic E-state index is 5.53. The van der Waals surface area contributed by atoms with Gasteiger partial charge in [-0.05, 0) is 49.5 Å². The smallest absolute Gasteiger partial charge is 0.187 e. The minimum Gasteiger partial charge on any atom is -0.376 e. The van der Waals surface area contributed by atoms with Gasteiger partial charge in [0.1, 0.15) is 0 Å². The Morgan fingerprint density at radius 1 is 1.38 bits per heavy atom. The van der Waals surface area contributed by atoms with Crippen molar-refractivity contribution in [3.63, 3.8) is 0 Å². The van der Waals surface area contributed by atoms with Crippen LogP contribution in [0.1, 0.15) is 37.8 Å². The van der Waals surface area contributed by atoms with Crippen LogP contribution in [0.25, 0.3) is 0 Å². The van der Waals surface area contributed by atoms with Gasteiger partial charge in [-0.2, -0.15) is 5.10 Å². The first kappa shape index (κ1) is 15.9. The average molecular weight is 305 g/mol. The lowest BCUT2D eigenvalue weighted by molar-refractivity contribution is 0.114. The Hall–Kier alpha value is -1.46. The zero-order chi connectivity index (χ0) is 15.1. The van der Waals surface area contributed by atoms with Crippen molar-refractivity contribution in [3.8, 4) is 0 Å². The summed E-state index contributed by atoms with van der Waals surface area (Å²) in [7, 11) is 0. The fraction of sp³-hybridized carbons (Fsp3) is 0.500. The van der Waals surface area contributed by atoms with E-state index in [2.05, 4.69) is 47.0 Å². The SMILES string of the molecule is CCc1ccc(/C(C)=N\NC(=S)NC[C@@H]2CCCO2)cc1. The molecule has 5 heteroatoms. The zero-order valence-corrected chi connectivity index (χ0v) is 13.5. The lowest BCUT2D eigenvalue weighted by Gasteiger charge is -2.12. The number of hydrogen-bond donors (Lipinski definition) is 2. The molecule has 0 unspecified atom stereocenters. The summed E-state index contributed by atoms with van der Waals surface area (Å²) >= 11 is 5.21. The number of nitrogens with one attached hydrogen (secondary N) is 2. The van der Waals surface area contributed by atoms with E-state index in [9.17, 15) is 0 Å². The van der Waals surface area contributed by atoms with E-state index in [1.807, 2.05) is 6.92 Å². The van der Waals surface area contributed by atoms with E-state index in [1.54, 1.807) is 0 Å². The number of nitrogens with zero attached hydrogens (tertiary/aromatic N) is 1. The molecule has 1 aromatic rings. The Kier molecular flexibility index (Phi) is 6.14. The van der Waals surface area contributed by atoms with Crippen molar-refractivity contribution in [3.05, 3.63) is 35.4 Å². The highest BCUT2D eigenvalue weighted by atomic mass is 32.1. The molecule has 0 aromatic heterocycles. The predicted octanol–water partition coefficient (Wildman–Crippen LogP) is 2.62. The van der Waals surface area contributed by atoms with Crippen LogP contribution in [-0.2, 0) is 11.2 Å². The van der Waals surface area contributed by atoms with Crippen molar-refractivity contribution in [1.29, 1.82) is 0 Å². The van der Waals surface area contributed by atoms with Gasteiger partial charge in [-0.25, -0.2) is 0 Å². The van der Waals surface area contributed by atoms with Gasteiger partial charge in [0.2, 0.25) is 0 Å². The van der Waals surface area contributed by atoms with Gasteiger partial charge in [0, 0.05) is 13.2 Å². The van der Waals surface area contributed by atoms with Crippen molar-refractivity contribution in [2.45, 2.75) is 39.2 Å². The highest BCUT2D eigenvalue weighted by Crippen LogP contribution is 2.10. The van der Waals surface area contributed by atoms with Crippen LogP contribution in [0, 0.1) is 0 Å². The molecule has 1 heterocycles. The molecule has 2 N–H and O–H groups in total. The molecule has 1 fully saturated rings. The molecule has 21 heavy (non-hydrogen) atoms. The normalized spacial score (nSPS) is 18.6. The number of aryl methyl sites for hydroxylation is 1. The summed E-state index contributed by atoms with van der Waals surface area (Å²) in [6, 6.07) is 8.43. The van der Waals surface area contributed by atoms with Crippen molar-refractivity contribution in [2.24, 2.45) is 5.10 Å². The van der Waals surface area contributed by atoms with E-state index in [-0.39, 0.29) is 6.10 Å². The summed E-state index contributed by atoms with van der Waals surface area (Å²) in [5.74, 6) is 0. The summed E-state index contributed by atoms with van der Waals surface area (Å²) in [4.78, 5) is 0. The van der Waals surface area contributed by atoms with Crippen molar-refractivity contribution < 1.29 is 4.74 Å². The van der Waals surface area contributed by atoms with Crippen LogP contribution in [-0.4, -0.2) is 30.1 Å². The number of rotatable bonds is 5. The zero-order valence-electron chi connectivity index (χ0n) is 12.7. The third-order valence-corrected chi connectivity index (χ3v) is 3.86. The van der Waals surface area contributed by atoms with Crippen molar-refractivity contribution in [1.82, 2.24) is 10.7 Å². The molecule has 4 nitrogen and oxygen atoms in total. The second-order valence-electron chi connectivity index (χ2n) is 5.20. The third-order valence-electron chi connectivity index (χ3n) is 3.62. The van der Waals surface area contributed by atoms with Crippen LogP contribution in [0.4, 0.5) is 0 Å². The van der Waals surface area contributed by atoms with Gasteiger partial charge in [0.15, 0.2) is 5.11 Å². The van der Waals surface area contributed by atoms with Crippen LogP contribution in [0.3, 0.4) is 0 Å². The standard InChI is InChI=1S/C16H23N3OS/c1-3-13-6-8-14(9-7-13)12(2)18-19-16(21)17-11-15-5-4-10-20-15/h6-9,15H,3-5,10-11H2,1-2H3,(H2,17,19,21)/b18-12-/t15-/m0/s1. The van der Waals surface area contributed by atoms with Gasteiger partial charge < -0.3 is 10.1 Å². The molecule has 1 saturated heterocycles. The lowest BCUT2D eigenvalue weighted by atomic mass is 10.1. The topological polar surface area (TPSA) is 45.7 Å². The van der Waals surface area contributed by atoms with Crippen LogP contribution >= 0.6 is 12.2 Å². The molecule has 0 spiro atoms. The summed E-state index contributed by atoms with van der Waals surface area (Å²) < 4.78 is 5.53. The number of hydrogen-bond acceptors (Lipinski definition) is 3. The minimum absolute atomic E-state index is 0.274. The molecule has 2 rings (SSSR count). The van der Waals surface area contributed by atoms with Gasteiger partial charge in [-0.3, -0.25) is 5.43 Å². The molecule has 0 bridgehead atoms. The van der Waals surface area contributed by atoms with E-state index in [4.69, 9.17) is 17.0 Å². The Bertz CT molecular complexity index is 493. The first-order valence-electron chi connectivity index (χ1n) is 7.48. The second kappa shape index (κ2) is 8.10. The van der Waals surface area contributed by atoms with Gasteiger partial charge >= 0.3 is 0 Å². The van der Waals surface area contributed by atoms with Gasteiger partial charge in [-0.15, -0.1) is 0 Å². The molecule has 0 amide bonds. The maximum absolute atomic E-state index is 5.53. The summed E-state index contributed by atoms with van der Waals surface area (Å²) in [5.41, 5.74) is 6.23. The highest BCUT2D eigenvalue weighted by Gasteiger charge is 2.15. The van der Waals surface area contributed by atoms with Crippen LogP contribution in [0.2, 0.25) is 0 Å². The Labute approximate surface area is 132 Å². The predicted molar refractivity (Wildman–Crippen MR) is 90.7 cm³/mol. The molecule has 0 radical (unpaired) electrons. The number of benzene rings is 1. The van der Waals surface area contributed by atoms with E-state index >= 15 is 0 Å². The highest BCUT2D eigenvalue weighted by molar-refractivity contribution is 7.80. The largest absolute Gasteiger partial charge is 0.376 e. The first-order chi connectivity index (χ1) is 10.2. The Morgan fingerprint density at radius 2 is 2.14 bits per heavy atom. The average Bonchev–Trinajstić information content (AvgIpc) is 3.04. The van der Waals surface area contributed by atoms with Crippen molar-refractivity contribution in [2.75, 3.05) is 13.2 Å². The third kappa shape index (κ3) is 5.10. The fourth-order valence-corrected chi connectivity index (χ4v) is 2.36. The van der Waals surface area contributed by atoms with E-state index in [0.29, 0.717) is 5.11 Å². The van der Waals surface area contributed by atoms with E-state index < -0.39 is 0 Å². The van der Waals surface area contributed by atoms with Crippen LogP contribution < -0.4 is 10.7 Å². The van der Waals surface area contributed by atoms with Crippen LogP contribution in [0.5, 0.6) is 0 Å². The Balaban J connectivity index is 1.79. The molecular formula is C16H23N3OS. The Morgan fingerprint density at radius 3 is 2.76 bits per heavy atom. The molecule has 0 aliphatic carbocycles. The lowest BCUT2D eigenvalue weighted by Crippen LogP contribution is -2.37. The molecule has 1 aromatic carbocycles.